The zero-order valence-corrected chi connectivity index (χ0v) is 11.6. The maximum atomic E-state index is 10.9. The standard InChI is InChI=1S/C14H17N3O3/c1-8-4-5-9(13(18)10(8)7-17(2)3)11-6-12(14(19)20)16-15-11/h4-6,18H,7H2,1-3H3,(H,15,16)(H,19,20). The van der Waals surface area contributed by atoms with Gasteiger partial charge in [-0.1, -0.05) is 6.07 Å². The molecule has 0 fully saturated rings. The van der Waals surface area contributed by atoms with E-state index < -0.39 is 5.97 Å². The number of rotatable bonds is 4. The number of phenolic OH excluding ortho intramolecular Hbond substituents is 1. The number of carbonyl (C=O) groups is 1. The van der Waals surface area contributed by atoms with Gasteiger partial charge in [0.05, 0.1) is 5.69 Å². The highest BCUT2D eigenvalue weighted by atomic mass is 16.4. The van der Waals surface area contributed by atoms with E-state index in [1.807, 2.05) is 32.0 Å². The molecule has 106 valence electrons. The number of benzene rings is 1. The number of aryl methyl sites for hydroxylation is 1. The highest BCUT2D eigenvalue weighted by Gasteiger charge is 2.16. The summed E-state index contributed by atoms with van der Waals surface area (Å²) in [7, 11) is 3.84. The number of carboxylic acid groups (broad SMARTS) is 1. The van der Waals surface area contributed by atoms with Gasteiger partial charge in [-0.15, -0.1) is 0 Å². The third-order valence-electron chi connectivity index (χ3n) is 3.08. The molecule has 0 saturated heterocycles. The minimum absolute atomic E-state index is 0.00543. The van der Waals surface area contributed by atoms with E-state index in [1.165, 1.54) is 6.07 Å². The van der Waals surface area contributed by atoms with Crippen LogP contribution >= 0.6 is 0 Å². The van der Waals surface area contributed by atoms with E-state index in [0.717, 1.165) is 11.1 Å². The number of aromatic carboxylic acids is 1. The molecule has 0 spiro atoms. The van der Waals surface area contributed by atoms with Gasteiger partial charge >= 0.3 is 5.97 Å². The predicted molar refractivity (Wildman–Crippen MR) is 74.8 cm³/mol. The molecule has 6 heteroatoms. The first-order valence-corrected chi connectivity index (χ1v) is 6.15. The Morgan fingerprint density at radius 2 is 2.10 bits per heavy atom. The fraction of sp³-hybridized carbons (Fsp3) is 0.286. The summed E-state index contributed by atoms with van der Waals surface area (Å²) in [5.74, 6) is -0.939. The van der Waals surface area contributed by atoms with Crippen LogP contribution in [0.5, 0.6) is 5.75 Å². The van der Waals surface area contributed by atoms with Crippen LogP contribution in [-0.4, -0.2) is 45.4 Å². The van der Waals surface area contributed by atoms with Crippen LogP contribution in [0.4, 0.5) is 0 Å². The Morgan fingerprint density at radius 1 is 1.40 bits per heavy atom. The molecule has 0 aliphatic carbocycles. The van der Waals surface area contributed by atoms with Crippen LogP contribution < -0.4 is 0 Å². The lowest BCUT2D eigenvalue weighted by Crippen LogP contribution is -2.12. The molecule has 0 saturated carbocycles. The zero-order chi connectivity index (χ0) is 14.9. The summed E-state index contributed by atoms with van der Waals surface area (Å²) in [4.78, 5) is 12.8. The minimum Gasteiger partial charge on any atom is -0.507 e. The van der Waals surface area contributed by atoms with Gasteiger partial charge in [-0.2, -0.15) is 5.10 Å². The van der Waals surface area contributed by atoms with Gasteiger partial charge in [0.1, 0.15) is 11.4 Å². The molecule has 1 aromatic heterocycles. The number of hydrogen-bond donors (Lipinski definition) is 3. The average Bonchev–Trinajstić information content (AvgIpc) is 2.83. The predicted octanol–water partition coefficient (Wildman–Crippen LogP) is 1.85. The summed E-state index contributed by atoms with van der Waals surface area (Å²) < 4.78 is 0. The first-order valence-electron chi connectivity index (χ1n) is 6.15. The molecule has 0 radical (unpaired) electrons. The van der Waals surface area contributed by atoms with Crippen molar-refractivity contribution in [3.05, 3.63) is 35.0 Å². The fourth-order valence-electron chi connectivity index (χ4n) is 2.03. The number of aromatic hydroxyl groups is 1. The van der Waals surface area contributed by atoms with Crippen molar-refractivity contribution in [2.75, 3.05) is 14.1 Å². The first kappa shape index (κ1) is 14.1. The van der Waals surface area contributed by atoms with Crippen LogP contribution in [0.1, 0.15) is 21.6 Å². The van der Waals surface area contributed by atoms with Gasteiger partial charge in [0.15, 0.2) is 0 Å². The highest BCUT2D eigenvalue weighted by molar-refractivity contribution is 5.87. The van der Waals surface area contributed by atoms with Crippen molar-refractivity contribution >= 4 is 5.97 Å². The second-order valence-electron chi connectivity index (χ2n) is 4.97. The van der Waals surface area contributed by atoms with E-state index >= 15 is 0 Å². The Labute approximate surface area is 116 Å². The lowest BCUT2D eigenvalue weighted by molar-refractivity contribution is 0.0690. The van der Waals surface area contributed by atoms with E-state index in [2.05, 4.69) is 10.2 Å². The summed E-state index contributed by atoms with van der Waals surface area (Å²) in [6.45, 7) is 2.53. The van der Waals surface area contributed by atoms with Gasteiger partial charge in [-0.05, 0) is 38.7 Å². The summed E-state index contributed by atoms with van der Waals surface area (Å²) in [5.41, 5.74) is 2.73. The lowest BCUT2D eigenvalue weighted by atomic mass is 10.0. The number of nitrogens with one attached hydrogen (secondary N) is 1. The molecule has 0 unspecified atom stereocenters. The van der Waals surface area contributed by atoms with E-state index in [1.54, 1.807) is 6.07 Å². The number of aromatic nitrogens is 2. The van der Waals surface area contributed by atoms with Gasteiger partial charge in [-0.3, -0.25) is 5.10 Å². The number of carboxylic acids is 1. The largest absolute Gasteiger partial charge is 0.507 e. The zero-order valence-electron chi connectivity index (χ0n) is 11.6. The molecule has 0 aliphatic heterocycles. The number of aromatic amines is 1. The van der Waals surface area contributed by atoms with Crippen LogP contribution in [0.15, 0.2) is 18.2 Å². The van der Waals surface area contributed by atoms with E-state index in [0.29, 0.717) is 17.8 Å². The molecule has 1 aromatic carbocycles. The number of phenols is 1. The van der Waals surface area contributed by atoms with Gasteiger partial charge < -0.3 is 15.1 Å². The molecule has 0 bridgehead atoms. The first-order chi connectivity index (χ1) is 9.40. The molecule has 2 rings (SSSR count). The SMILES string of the molecule is Cc1ccc(-c2cc(C(=O)O)[nH]n2)c(O)c1CN(C)C. The molecule has 3 N–H and O–H groups in total. The highest BCUT2D eigenvalue weighted by Crippen LogP contribution is 2.33. The normalized spacial score (nSPS) is 11.0. The van der Waals surface area contributed by atoms with E-state index in [4.69, 9.17) is 5.11 Å². The quantitative estimate of drug-likeness (QED) is 0.792. The van der Waals surface area contributed by atoms with Crippen molar-refractivity contribution in [3.8, 4) is 17.0 Å². The monoisotopic (exact) mass is 275 g/mol. The minimum atomic E-state index is -1.08. The number of hydrogen-bond acceptors (Lipinski definition) is 4. The van der Waals surface area contributed by atoms with Crippen LogP contribution in [0, 0.1) is 6.92 Å². The van der Waals surface area contributed by atoms with E-state index in [9.17, 15) is 9.90 Å². The Hall–Kier alpha value is -2.34. The van der Waals surface area contributed by atoms with Crippen molar-refractivity contribution in [2.24, 2.45) is 0 Å². The molecule has 6 nitrogen and oxygen atoms in total. The molecule has 0 amide bonds. The van der Waals surface area contributed by atoms with Crippen molar-refractivity contribution < 1.29 is 15.0 Å². The molecular weight excluding hydrogens is 258 g/mol. The van der Waals surface area contributed by atoms with Crippen molar-refractivity contribution in [2.45, 2.75) is 13.5 Å². The Balaban J connectivity index is 2.48. The van der Waals surface area contributed by atoms with Crippen LogP contribution in [0.3, 0.4) is 0 Å². The maximum absolute atomic E-state index is 10.9. The molecular formula is C14H17N3O3. The van der Waals surface area contributed by atoms with Gasteiger partial charge in [-0.25, -0.2) is 4.79 Å². The molecule has 0 atom stereocenters. The summed E-state index contributed by atoms with van der Waals surface area (Å²) in [5, 5.41) is 25.7. The van der Waals surface area contributed by atoms with E-state index in [-0.39, 0.29) is 11.4 Å². The van der Waals surface area contributed by atoms with Crippen molar-refractivity contribution in [1.82, 2.24) is 15.1 Å². The molecule has 0 aliphatic rings. The summed E-state index contributed by atoms with van der Waals surface area (Å²) in [6.07, 6.45) is 0. The van der Waals surface area contributed by atoms with Gasteiger partial charge in [0.25, 0.3) is 0 Å². The average molecular weight is 275 g/mol. The Morgan fingerprint density at radius 3 is 2.65 bits per heavy atom. The van der Waals surface area contributed by atoms with Crippen LogP contribution in [0.25, 0.3) is 11.3 Å². The third kappa shape index (κ3) is 2.65. The van der Waals surface area contributed by atoms with Crippen molar-refractivity contribution in [1.29, 1.82) is 0 Å². The van der Waals surface area contributed by atoms with Crippen LogP contribution in [0.2, 0.25) is 0 Å². The van der Waals surface area contributed by atoms with Gasteiger partial charge in [0, 0.05) is 17.7 Å². The van der Waals surface area contributed by atoms with Gasteiger partial charge in [0.2, 0.25) is 0 Å². The maximum Gasteiger partial charge on any atom is 0.353 e. The fourth-order valence-corrected chi connectivity index (χ4v) is 2.03. The topological polar surface area (TPSA) is 89.4 Å². The Bertz CT molecular complexity index is 647. The summed E-state index contributed by atoms with van der Waals surface area (Å²) in [6, 6.07) is 5.04. The summed E-state index contributed by atoms with van der Waals surface area (Å²) >= 11 is 0. The molecule has 20 heavy (non-hydrogen) atoms. The molecule has 2 aromatic rings. The number of nitrogens with zero attached hydrogens (tertiary/aromatic N) is 2. The van der Waals surface area contributed by atoms with Crippen molar-refractivity contribution in [3.63, 3.8) is 0 Å². The lowest BCUT2D eigenvalue weighted by Gasteiger charge is -2.15. The third-order valence-corrected chi connectivity index (χ3v) is 3.08. The smallest absolute Gasteiger partial charge is 0.353 e. The second kappa shape index (κ2) is 5.34. The van der Waals surface area contributed by atoms with Crippen LogP contribution in [-0.2, 0) is 6.54 Å². The number of H-pyrrole nitrogens is 1. The molecule has 1 heterocycles. The second-order valence-corrected chi connectivity index (χ2v) is 4.97. The Kier molecular flexibility index (Phi) is 3.76.